The van der Waals surface area contributed by atoms with Crippen LogP contribution in [-0.2, 0) is 0 Å². The molecule has 0 aliphatic carbocycles. The topological polar surface area (TPSA) is 143 Å². The number of nitro groups is 1. The van der Waals surface area contributed by atoms with Gasteiger partial charge in [-0.3, -0.25) is 10.1 Å². The van der Waals surface area contributed by atoms with Crippen molar-refractivity contribution in [1.82, 2.24) is 20.3 Å². The molecule has 2 aromatic heterocycles. The summed E-state index contributed by atoms with van der Waals surface area (Å²) >= 11 is 12.1. The zero-order valence-corrected chi connectivity index (χ0v) is 14.7. The SMILES string of the molecule is CN(CCO)c1cc(Nc2c(Cl)ncnc2Cl)c2nonc2c1[N+](=O)[O-]. The maximum atomic E-state index is 11.5. The van der Waals surface area contributed by atoms with E-state index >= 15 is 0 Å². The first-order chi connectivity index (χ1) is 12.4. The molecule has 0 spiro atoms. The summed E-state index contributed by atoms with van der Waals surface area (Å²) in [5.41, 5.74) is 0.427. The van der Waals surface area contributed by atoms with Crippen molar-refractivity contribution in [2.45, 2.75) is 0 Å². The van der Waals surface area contributed by atoms with E-state index in [4.69, 9.17) is 28.3 Å². The third-order valence-electron chi connectivity index (χ3n) is 3.54. The van der Waals surface area contributed by atoms with Crippen LogP contribution in [0.1, 0.15) is 0 Å². The fourth-order valence-electron chi connectivity index (χ4n) is 2.33. The number of nitrogens with zero attached hydrogens (tertiary/aromatic N) is 6. The smallest absolute Gasteiger partial charge is 0.323 e. The van der Waals surface area contributed by atoms with E-state index < -0.39 is 4.92 Å². The molecule has 0 aliphatic heterocycles. The lowest BCUT2D eigenvalue weighted by molar-refractivity contribution is -0.382. The summed E-state index contributed by atoms with van der Waals surface area (Å²) in [7, 11) is 1.59. The van der Waals surface area contributed by atoms with Gasteiger partial charge in [0.1, 0.15) is 17.7 Å². The number of hydrogen-bond acceptors (Lipinski definition) is 10. The molecule has 2 heterocycles. The molecular formula is C13H11Cl2N7O4. The molecule has 1 aromatic carbocycles. The van der Waals surface area contributed by atoms with Crippen LogP contribution in [0.5, 0.6) is 0 Å². The maximum Gasteiger partial charge on any atom is 0.323 e. The number of nitrogens with one attached hydrogen (secondary N) is 1. The molecule has 0 amide bonds. The quantitative estimate of drug-likeness (QED) is 0.360. The van der Waals surface area contributed by atoms with Crippen LogP contribution >= 0.6 is 23.2 Å². The summed E-state index contributed by atoms with van der Waals surface area (Å²) in [6.45, 7) is -0.0390. The van der Waals surface area contributed by atoms with Gasteiger partial charge in [-0.1, -0.05) is 23.2 Å². The van der Waals surface area contributed by atoms with Crippen LogP contribution in [-0.4, -0.2) is 50.5 Å². The van der Waals surface area contributed by atoms with E-state index in [1.54, 1.807) is 7.05 Å². The Bertz CT molecular complexity index is 960. The minimum absolute atomic E-state index is 0.0539. The molecule has 2 N–H and O–H groups in total. The first-order valence-electron chi connectivity index (χ1n) is 7.12. The highest BCUT2D eigenvalue weighted by Crippen LogP contribution is 2.40. The van der Waals surface area contributed by atoms with Crippen molar-refractivity contribution in [1.29, 1.82) is 0 Å². The van der Waals surface area contributed by atoms with Gasteiger partial charge in [-0.2, -0.15) is 0 Å². The zero-order valence-electron chi connectivity index (χ0n) is 13.2. The Morgan fingerprint density at radius 2 is 1.96 bits per heavy atom. The van der Waals surface area contributed by atoms with Crippen molar-refractivity contribution in [2.75, 3.05) is 30.4 Å². The first kappa shape index (κ1) is 18.0. The van der Waals surface area contributed by atoms with E-state index in [1.165, 1.54) is 17.3 Å². The molecule has 0 saturated carbocycles. The van der Waals surface area contributed by atoms with Gasteiger partial charge in [0.25, 0.3) is 0 Å². The second kappa shape index (κ2) is 7.23. The Morgan fingerprint density at radius 3 is 2.58 bits per heavy atom. The molecule has 0 aliphatic rings. The van der Waals surface area contributed by atoms with Gasteiger partial charge in [-0.05, 0) is 16.4 Å². The molecule has 0 atom stereocenters. The maximum absolute atomic E-state index is 11.5. The molecule has 0 saturated heterocycles. The fourth-order valence-corrected chi connectivity index (χ4v) is 2.74. The first-order valence-corrected chi connectivity index (χ1v) is 7.88. The summed E-state index contributed by atoms with van der Waals surface area (Å²) in [6.07, 6.45) is 1.19. The number of aromatic nitrogens is 4. The Kier molecular flexibility index (Phi) is 5.02. The van der Waals surface area contributed by atoms with Gasteiger partial charge in [0.05, 0.1) is 17.2 Å². The summed E-state index contributed by atoms with van der Waals surface area (Å²) in [6, 6.07) is 1.46. The number of aliphatic hydroxyl groups excluding tert-OH is 1. The van der Waals surface area contributed by atoms with Crippen molar-refractivity contribution in [3.63, 3.8) is 0 Å². The van der Waals surface area contributed by atoms with E-state index in [-0.39, 0.29) is 51.6 Å². The predicted octanol–water partition coefficient (Wildman–Crippen LogP) is 2.40. The van der Waals surface area contributed by atoms with Gasteiger partial charge in [-0.25, -0.2) is 14.6 Å². The van der Waals surface area contributed by atoms with Gasteiger partial charge < -0.3 is 15.3 Å². The van der Waals surface area contributed by atoms with E-state index in [1.807, 2.05) is 0 Å². The van der Waals surface area contributed by atoms with Crippen molar-refractivity contribution in [3.05, 3.63) is 32.8 Å². The number of aliphatic hydroxyl groups is 1. The Balaban J connectivity index is 2.21. The number of benzene rings is 1. The van der Waals surface area contributed by atoms with Gasteiger partial charge >= 0.3 is 5.69 Å². The van der Waals surface area contributed by atoms with E-state index in [0.717, 1.165) is 0 Å². The molecule has 0 radical (unpaired) electrons. The van der Waals surface area contributed by atoms with Crippen molar-refractivity contribution in [2.24, 2.45) is 0 Å². The average Bonchev–Trinajstić information content (AvgIpc) is 3.07. The van der Waals surface area contributed by atoms with E-state index in [9.17, 15) is 10.1 Å². The molecular weight excluding hydrogens is 389 g/mol. The lowest BCUT2D eigenvalue weighted by Gasteiger charge is -2.19. The van der Waals surface area contributed by atoms with Gasteiger partial charge in [0.2, 0.25) is 5.52 Å². The molecule has 0 bridgehead atoms. The highest BCUT2D eigenvalue weighted by molar-refractivity contribution is 6.37. The molecule has 13 heteroatoms. The fraction of sp³-hybridized carbons (Fsp3) is 0.231. The number of nitro benzene ring substituents is 1. The normalized spacial score (nSPS) is 10.9. The summed E-state index contributed by atoms with van der Waals surface area (Å²) < 4.78 is 4.68. The molecule has 26 heavy (non-hydrogen) atoms. The van der Waals surface area contributed by atoms with Crippen LogP contribution in [0.4, 0.5) is 22.7 Å². The van der Waals surface area contributed by atoms with Crippen LogP contribution in [0.25, 0.3) is 11.0 Å². The van der Waals surface area contributed by atoms with Crippen LogP contribution in [0.3, 0.4) is 0 Å². The Labute approximate surface area is 155 Å². The lowest BCUT2D eigenvalue weighted by atomic mass is 10.1. The van der Waals surface area contributed by atoms with Crippen LogP contribution < -0.4 is 10.2 Å². The average molecular weight is 400 g/mol. The van der Waals surface area contributed by atoms with Crippen LogP contribution in [0, 0.1) is 10.1 Å². The van der Waals surface area contributed by atoms with Gasteiger partial charge in [-0.15, -0.1) is 0 Å². The molecule has 0 fully saturated rings. The summed E-state index contributed by atoms with van der Waals surface area (Å²) in [5, 5.41) is 31.1. The third-order valence-corrected chi connectivity index (χ3v) is 4.11. The van der Waals surface area contributed by atoms with Crippen molar-refractivity contribution < 1.29 is 14.7 Å². The minimum Gasteiger partial charge on any atom is -0.395 e. The number of halogens is 2. The molecule has 0 unspecified atom stereocenters. The molecule has 3 aromatic rings. The van der Waals surface area contributed by atoms with Gasteiger partial charge in [0, 0.05) is 13.6 Å². The molecule has 11 nitrogen and oxygen atoms in total. The van der Waals surface area contributed by atoms with Crippen LogP contribution in [0.2, 0.25) is 10.3 Å². The number of rotatable bonds is 6. The van der Waals surface area contributed by atoms with Crippen molar-refractivity contribution >= 4 is 57.0 Å². The van der Waals surface area contributed by atoms with E-state index in [0.29, 0.717) is 5.69 Å². The number of anilines is 3. The Morgan fingerprint density at radius 1 is 1.31 bits per heavy atom. The molecule has 3 rings (SSSR count). The lowest BCUT2D eigenvalue weighted by Crippen LogP contribution is -2.22. The summed E-state index contributed by atoms with van der Waals surface area (Å²) in [4.78, 5) is 20.1. The molecule has 136 valence electrons. The highest BCUT2D eigenvalue weighted by Gasteiger charge is 2.28. The minimum atomic E-state index is -0.592. The third kappa shape index (κ3) is 3.19. The zero-order chi connectivity index (χ0) is 18.8. The van der Waals surface area contributed by atoms with Gasteiger partial charge in [0.15, 0.2) is 15.8 Å². The summed E-state index contributed by atoms with van der Waals surface area (Å²) in [5.74, 6) is 0. The Hall–Kier alpha value is -2.76. The second-order valence-corrected chi connectivity index (χ2v) is 5.83. The largest absolute Gasteiger partial charge is 0.395 e. The number of fused-ring (bicyclic) bond motifs is 1. The number of hydrogen-bond donors (Lipinski definition) is 2. The standard InChI is InChI=1S/C13H11Cl2N7O4/c1-21(2-3-23)7-4-6(18-10-12(14)16-5-17-13(10)15)8-9(20-26-19-8)11(7)22(24)25/h4-5,18,23H,2-3H2,1H3. The highest BCUT2D eigenvalue weighted by atomic mass is 35.5. The predicted molar refractivity (Wildman–Crippen MR) is 94.1 cm³/mol. The van der Waals surface area contributed by atoms with Crippen LogP contribution in [0.15, 0.2) is 17.0 Å². The van der Waals surface area contributed by atoms with E-state index in [2.05, 4.69) is 30.2 Å². The number of likely N-dealkylation sites (N-methyl/N-ethyl adjacent to an activating group) is 1. The van der Waals surface area contributed by atoms with Crippen molar-refractivity contribution in [3.8, 4) is 0 Å². The monoisotopic (exact) mass is 399 g/mol. The second-order valence-electron chi connectivity index (χ2n) is 5.11.